The van der Waals surface area contributed by atoms with E-state index in [2.05, 4.69) is 0 Å². The van der Waals surface area contributed by atoms with Crippen molar-refractivity contribution >= 4 is 0 Å². The molecule has 37 heavy (non-hydrogen) atoms. The van der Waals surface area contributed by atoms with E-state index < -0.39 is 29.5 Å². The highest BCUT2D eigenvalue weighted by Crippen LogP contribution is 2.65. The first-order valence-corrected chi connectivity index (χ1v) is 12.1. The van der Waals surface area contributed by atoms with Crippen LogP contribution in [-0.2, 0) is 25.4 Å². The molecule has 0 amide bonds. The van der Waals surface area contributed by atoms with Gasteiger partial charge in [0.1, 0.15) is 0 Å². The number of alkyl halides is 3. The van der Waals surface area contributed by atoms with Gasteiger partial charge >= 0.3 is 12.1 Å². The topological polar surface area (TPSA) is 27.7 Å². The number of benzene rings is 4. The lowest BCUT2D eigenvalue weighted by atomic mass is 9.66. The van der Waals surface area contributed by atoms with E-state index in [1.807, 2.05) is 24.3 Å². The standard InChI is InChI=1S/C31H27F3O3/c1-23(2)35-31(30(32,33)34)36-28(24-15-7-3-8-16-24,25-17-9-4-10-18-25)29(37-31,26-19-11-5-12-20-26)27-21-13-6-14-22-27/h3-23H,1-2H3. The Bertz CT molecular complexity index is 1140. The third kappa shape index (κ3) is 3.96. The van der Waals surface area contributed by atoms with E-state index in [-0.39, 0.29) is 0 Å². The van der Waals surface area contributed by atoms with Gasteiger partial charge in [0.25, 0.3) is 0 Å². The maximum atomic E-state index is 15.2. The highest BCUT2D eigenvalue weighted by molar-refractivity contribution is 5.52. The summed E-state index contributed by atoms with van der Waals surface area (Å²) in [5.41, 5.74) is -1.61. The average Bonchev–Trinajstić information content (AvgIpc) is 3.24. The van der Waals surface area contributed by atoms with Crippen molar-refractivity contribution in [2.24, 2.45) is 0 Å². The van der Waals surface area contributed by atoms with E-state index in [0.717, 1.165) is 0 Å². The molecule has 0 unspecified atom stereocenters. The number of ether oxygens (including phenoxy) is 3. The molecule has 0 aliphatic carbocycles. The highest BCUT2D eigenvalue weighted by atomic mass is 19.4. The van der Waals surface area contributed by atoms with Gasteiger partial charge in [-0.1, -0.05) is 121 Å². The zero-order valence-electron chi connectivity index (χ0n) is 20.5. The molecule has 5 rings (SSSR count). The predicted octanol–water partition coefficient (Wildman–Crippen LogP) is 7.56. The summed E-state index contributed by atoms with van der Waals surface area (Å²) in [5, 5.41) is 0. The Labute approximate surface area is 214 Å². The largest absolute Gasteiger partial charge is 0.473 e. The molecule has 190 valence electrons. The fourth-order valence-corrected chi connectivity index (χ4v) is 5.18. The normalized spacial score (nSPS) is 18.1. The van der Waals surface area contributed by atoms with Crippen LogP contribution >= 0.6 is 0 Å². The van der Waals surface area contributed by atoms with Crippen LogP contribution in [0.1, 0.15) is 36.1 Å². The van der Waals surface area contributed by atoms with Crippen LogP contribution < -0.4 is 0 Å². The molecule has 0 bridgehead atoms. The first-order chi connectivity index (χ1) is 17.8. The van der Waals surface area contributed by atoms with Crippen LogP contribution in [0.5, 0.6) is 0 Å². The minimum Gasteiger partial charge on any atom is -0.317 e. The highest BCUT2D eigenvalue weighted by Gasteiger charge is 2.78. The van der Waals surface area contributed by atoms with Crippen molar-refractivity contribution in [3.05, 3.63) is 144 Å². The fourth-order valence-electron chi connectivity index (χ4n) is 5.18. The van der Waals surface area contributed by atoms with Gasteiger partial charge in [-0.3, -0.25) is 9.47 Å². The van der Waals surface area contributed by atoms with Crippen LogP contribution in [0.4, 0.5) is 13.2 Å². The van der Waals surface area contributed by atoms with Gasteiger partial charge in [0.15, 0.2) is 11.2 Å². The second-order valence-electron chi connectivity index (χ2n) is 9.25. The van der Waals surface area contributed by atoms with Crippen LogP contribution in [-0.4, -0.2) is 18.3 Å². The van der Waals surface area contributed by atoms with Gasteiger partial charge in [-0.15, -0.1) is 0 Å². The van der Waals surface area contributed by atoms with Crippen LogP contribution in [0.15, 0.2) is 121 Å². The summed E-state index contributed by atoms with van der Waals surface area (Å²) < 4.78 is 63.7. The van der Waals surface area contributed by atoms with Crippen LogP contribution in [0.2, 0.25) is 0 Å². The maximum absolute atomic E-state index is 15.2. The lowest BCUT2D eigenvalue weighted by Crippen LogP contribution is -2.51. The molecule has 4 aromatic rings. The third-order valence-corrected chi connectivity index (χ3v) is 6.53. The van der Waals surface area contributed by atoms with Crippen LogP contribution in [0.25, 0.3) is 0 Å². The summed E-state index contributed by atoms with van der Waals surface area (Å²) in [4.78, 5) is 0. The van der Waals surface area contributed by atoms with Gasteiger partial charge in [0.05, 0.1) is 6.10 Å². The van der Waals surface area contributed by atoms with Crippen molar-refractivity contribution in [1.82, 2.24) is 0 Å². The van der Waals surface area contributed by atoms with Crippen molar-refractivity contribution in [1.29, 1.82) is 0 Å². The summed E-state index contributed by atoms with van der Waals surface area (Å²) in [6, 6.07) is 35.6. The Morgan fingerprint density at radius 3 is 1.03 bits per heavy atom. The van der Waals surface area contributed by atoms with Crippen LogP contribution in [0, 0.1) is 0 Å². The summed E-state index contributed by atoms with van der Waals surface area (Å²) >= 11 is 0. The molecule has 1 heterocycles. The molecule has 1 saturated heterocycles. The lowest BCUT2D eigenvalue weighted by molar-refractivity contribution is -0.470. The minimum atomic E-state index is -5.03. The van der Waals surface area contributed by atoms with E-state index in [0.29, 0.717) is 22.3 Å². The van der Waals surface area contributed by atoms with Gasteiger partial charge in [0.2, 0.25) is 0 Å². The Hall–Kier alpha value is -3.45. The fraction of sp³-hybridized carbons (Fsp3) is 0.226. The third-order valence-electron chi connectivity index (χ3n) is 6.53. The van der Waals surface area contributed by atoms with Crippen molar-refractivity contribution in [2.45, 2.75) is 43.3 Å². The molecule has 0 spiro atoms. The van der Waals surface area contributed by atoms with E-state index in [1.54, 1.807) is 97.1 Å². The number of halogens is 3. The molecule has 1 fully saturated rings. The zero-order valence-corrected chi connectivity index (χ0v) is 20.5. The molecule has 6 heteroatoms. The molecule has 0 N–H and O–H groups in total. The molecule has 1 aliphatic rings. The van der Waals surface area contributed by atoms with Crippen LogP contribution in [0.3, 0.4) is 0 Å². The Morgan fingerprint density at radius 1 is 0.541 bits per heavy atom. The number of hydrogen-bond donors (Lipinski definition) is 0. The first kappa shape index (κ1) is 25.2. The molecular weight excluding hydrogens is 477 g/mol. The van der Waals surface area contributed by atoms with Crippen molar-refractivity contribution in [3.8, 4) is 0 Å². The Balaban J connectivity index is 1.99. The number of hydrogen-bond acceptors (Lipinski definition) is 3. The van der Waals surface area contributed by atoms with Gasteiger partial charge in [-0.05, 0) is 36.1 Å². The average molecular weight is 505 g/mol. The predicted molar refractivity (Wildman–Crippen MR) is 135 cm³/mol. The van der Waals surface area contributed by atoms with E-state index in [9.17, 15) is 0 Å². The molecule has 3 nitrogen and oxygen atoms in total. The van der Waals surface area contributed by atoms with Crippen molar-refractivity contribution in [2.75, 3.05) is 0 Å². The summed E-state index contributed by atoms with van der Waals surface area (Å²) in [6.45, 7) is 3.05. The molecule has 1 aliphatic heterocycles. The second kappa shape index (κ2) is 9.45. The quantitative estimate of drug-likeness (QED) is 0.271. The zero-order chi connectivity index (χ0) is 26.2. The smallest absolute Gasteiger partial charge is 0.317 e. The molecular formula is C31H27F3O3. The SMILES string of the molecule is CC(C)OC1(C(F)(F)F)OC(c2ccccc2)(c2ccccc2)C(c2ccccc2)(c2ccccc2)O1. The first-order valence-electron chi connectivity index (χ1n) is 12.1. The molecule has 0 radical (unpaired) electrons. The van der Waals surface area contributed by atoms with E-state index >= 15 is 13.2 Å². The number of rotatable bonds is 6. The van der Waals surface area contributed by atoms with Gasteiger partial charge in [0, 0.05) is 0 Å². The van der Waals surface area contributed by atoms with Crippen molar-refractivity contribution in [3.63, 3.8) is 0 Å². The van der Waals surface area contributed by atoms with Crippen molar-refractivity contribution < 1.29 is 27.4 Å². The van der Waals surface area contributed by atoms with Gasteiger partial charge in [-0.25, -0.2) is 0 Å². The second-order valence-corrected chi connectivity index (χ2v) is 9.25. The molecule has 4 aromatic carbocycles. The lowest BCUT2D eigenvalue weighted by Gasteiger charge is -2.44. The monoisotopic (exact) mass is 504 g/mol. The van der Waals surface area contributed by atoms with Gasteiger partial charge < -0.3 is 4.74 Å². The maximum Gasteiger partial charge on any atom is 0.473 e. The molecule has 0 saturated carbocycles. The summed E-state index contributed by atoms with van der Waals surface area (Å²) in [5.74, 6) is -3.36. The Kier molecular flexibility index (Phi) is 6.44. The summed E-state index contributed by atoms with van der Waals surface area (Å²) in [7, 11) is 0. The van der Waals surface area contributed by atoms with Gasteiger partial charge in [-0.2, -0.15) is 13.2 Å². The molecule has 0 aromatic heterocycles. The molecule has 0 atom stereocenters. The van der Waals surface area contributed by atoms with E-state index in [1.165, 1.54) is 13.8 Å². The van der Waals surface area contributed by atoms with E-state index in [4.69, 9.17) is 14.2 Å². The Morgan fingerprint density at radius 2 is 0.811 bits per heavy atom. The minimum absolute atomic E-state index is 0.493. The summed E-state index contributed by atoms with van der Waals surface area (Å²) in [6.07, 6.45) is -5.88.